The Morgan fingerprint density at radius 1 is 1.12 bits per heavy atom. The molecular formula is C24H22N4O4S. The van der Waals surface area contributed by atoms with Crippen LogP contribution in [0, 0.1) is 6.92 Å². The normalized spacial score (nSPS) is 12.7. The Bertz CT molecular complexity index is 1300. The lowest BCUT2D eigenvalue weighted by Crippen LogP contribution is -2.22. The molecule has 0 saturated carbocycles. The van der Waals surface area contributed by atoms with E-state index in [0.717, 1.165) is 21.7 Å². The molecule has 9 heteroatoms. The van der Waals surface area contributed by atoms with Crippen molar-refractivity contribution in [2.75, 3.05) is 12.4 Å². The second-order valence-electron chi connectivity index (χ2n) is 7.62. The zero-order chi connectivity index (χ0) is 23.6. The Labute approximate surface area is 194 Å². The topological polar surface area (TPSA) is 117 Å². The number of nitrogens with one attached hydrogen (secondary N) is 1. The highest BCUT2D eigenvalue weighted by molar-refractivity contribution is 7.15. The van der Waals surface area contributed by atoms with E-state index in [4.69, 9.17) is 9.84 Å². The summed E-state index contributed by atoms with van der Waals surface area (Å²) >= 11 is 1.37. The quantitative estimate of drug-likeness (QED) is 0.364. The van der Waals surface area contributed by atoms with Gasteiger partial charge in [-0.1, -0.05) is 18.2 Å². The van der Waals surface area contributed by atoms with Crippen LogP contribution >= 0.6 is 11.3 Å². The van der Waals surface area contributed by atoms with E-state index < -0.39 is 11.6 Å². The van der Waals surface area contributed by atoms with Gasteiger partial charge in [0.2, 0.25) is 11.8 Å². The summed E-state index contributed by atoms with van der Waals surface area (Å²) in [5.41, 5.74) is 2.14. The fourth-order valence-electron chi connectivity index (χ4n) is 3.34. The number of anilines is 2. The van der Waals surface area contributed by atoms with Gasteiger partial charge in [0.05, 0.1) is 17.6 Å². The number of ether oxygens (including phenoxy) is 1. The third-order valence-electron chi connectivity index (χ3n) is 5.07. The first-order chi connectivity index (χ1) is 15.8. The molecule has 4 aromatic rings. The second-order valence-corrected chi connectivity index (χ2v) is 8.65. The molecule has 3 N–H and O–H groups in total. The molecule has 33 heavy (non-hydrogen) atoms. The molecule has 2 aromatic heterocycles. The van der Waals surface area contributed by atoms with E-state index in [1.54, 1.807) is 44.6 Å². The van der Waals surface area contributed by atoms with Crippen LogP contribution in [0.5, 0.6) is 5.88 Å². The average Bonchev–Trinajstić information content (AvgIpc) is 3.30. The number of hydrogen-bond acceptors (Lipinski definition) is 8. The summed E-state index contributed by atoms with van der Waals surface area (Å²) in [6.07, 6.45) is 3.34. The number of rotatable bonds is 7. The number of aromatic nitrogens is 3. The van der Waals surface area contributed by atoms with Crippen molar-refractivity contribution < 1.29 is 19.7 Å². The number of hydrogen-bond donors (Lipinski definition) is 3. The van der Waals surface area contributed by atoms with Crippen molar-refractivity contribution in [3.05, 3.63) is 82.6 Å². The Hall–Kier alpha value is -3.82. The number of carboxylic acid groups (broad SMARTS) is 1. The van der Waals surface area contributed by atoms with Crippen molar-refractivity contribution in [2.45, 2.75) is 19.4 Å². The third kappa shape index (κ3) is 4.84. The molecule has 4 rings (SSSR count). The second kappa shape index (κ2) is 8.97. The maximum Gasteiger partial charge on any atom is 0.335 e. The molecule has 2 heterocycles. The molecule has 2 aromatic carbocycles. The minimum absolute atomic E-state index is 0.161. The third-order valence-corrected chi connectivity index (χ3v) is 6.33. The predicted octanol–water partition coefficient (Wildman–Crippen LogP) is 4.61. The summed E-state index contributed by atoms with van der Waals surface area (Å²) in [5, 5.41) is 24.0. The van der Waals surface area contributed by atoms with Crippen LogP contribution < -0.4 is 10.1 Å². The zero-order valence-electron chi connectivity index (χ0n) is 18.2. The van der Waals surface area contributed by atoms with Crippen molar-refractivity contribution in [1.29, 1.82) is 0 Å². The summed E-state index contributed by atoms with van der Waals surface area (Å²) < 4.78 is 5.15. The Kier molecular flexibility index (Phi) is 6.08. The molecule has 0 amide bonds. The lowest BCUT2D eigenvalue weighted by molar-refractivity contribution is 0.0695. The van der Waals surface area contributed by atoms with Gasteiger partial charge in [0.15, 0.2) is 0 Å². The van der Waals surface area contributed by atoms with E-state index >= 15 is 0 Å². The number of aromatic carboxylic acids is 1. The van der Waals surface area contributed by atoms with Gasteiger partial charge < -0.3 is 20.3 Å². The first kappa shape index (κ1) is 22.4. The van der Waals surface area contributed by atoms with Crippen LogP contribution in [0.4, 0.5) is 11.6 Å². The molecule has 0 bridgehead atoms. The Morgan fingerprint density at radius 2 is 1.88 bits per heavy atom. The highest BCUT2D eigenvalue weighted by atomic mass is 32.1. The van der Waals surface area contributed by atoms with Gasteiger partial charge in [0.25, 0.3) is 0 Å². The highest BCUT2D eigenvalue weighted by Crippen LogP contribution is 2.37. The number of carboxylic acids is 1. The summed E-state index contributed by atoms with van der Waals surface area (Å²) in [4.78, 5) is 24.9. The van der Waals surface area contributed by atoms with Gasteiger partial charge in [-0.05, 0) is 54.8 Å². The van der Waals surface area contributed by atoms with E-state index in [1.165, 1.54) is 23.5 Å². The van der Waals surface area contributed by atoms with E-state index in [0.29, 0.717) is 22.4 Å². The van der Waals surface area contributed by atoms with Gasteiger partial charge in [0.1, 0.15) is 10.6 Å². The number of benzene rings is 2. The van der Waals surface area contributed by atoms with Crippen LogP contribution in [0.15, 0.2) is 60.9 Å². The van der Waals surface area contributed by atoms with Crippen molar-refractivity contribution in [3.63, 3.8) is 0 Å². The maximum absolute atomic E-state index is 11.2. The monoisotopic (exact) mass is 462 g/mol. The molecule has 1 atom stereocenters. The first-order valence-electron chi connectivity index (χ1n) is 10.0. The van der Waals surface area contributed by atoms with Crippen LogP contribution in [0.1, 0.15) is 33.4 Å². The summed E-state index contributed by atoms with van der Waals surface area (Å²) in [5.74, 6) is -0.129. The van der Waals surface area contributed by atoms with Crippen LogP contribution in [0.25, 0.3) is 10.4 Å². The van der Waals surface area contributed by atoms with Gasteiger partial charge in [-0.15, -0.1) is 11.3 Å². The number of aliphatic hydroxyl groups is 1. The molecule has 168 valence electrons. The fraction of sp³-hybridized carbons (Fsp3) is 0.167. The van der Waals surface area contributed by atoms with E-state index in [1.807, 2.05) is 25.1 Å². The standard InChI is InChI=1S/C24H22N4O4S/c1-14-10-16(12-18(11-14)27-23-25-9-8-20(28-23)32-3)19-13-26-22(33-19)24(2,31)17-6-4-15(5-7-17)21(29)30/h4-13,31H,1-3H3,(H,29,30)(H,25,27,28). The van der Waals surface area contributed by atoms with Gasteiger partial charge in [-0.2, -0.15) is 4.98 Å². The minimum atomic E-state index is -1.36. The number of thiazole rings is 1. The summed E-state index contributed by atoms with van der Waals surface area (Å²) in [6, 6.07) is 13.8. The molecule has 8 nitrogen and oxygen atoms in total. The molecule has 0 radical (unpaired) electrons. The first-order valence-corrected chi connectivity index (χ1v) is 10.9. The van der Waals surface area contributed by atoms with Crippen molar-refractivity contribution in [2.24, 2.45) is 0 Å². The van der Waals surface area contributed by atoms with Crippen molar-refractivity contribution in [1.82, 2.24) is 15.0 Å². The average molecular weight is 463 g/mol. The smallest absolute Gasteiger partial charge is 0.335 e. The lowest BCUT2D eigenvalue weighted by Gasteiger charge is -2.21. The Morgan fingerprint density at radius 3 is 2.58 bits per heavy atom. The molecular weight excluding hydrogens is 440 g/mol. The van der Waals surface area contributed by atoms with Gasteiger partial charge >= 0.3 is 5.97 Å². The number of methoxy groups -OCH3 is 1. The summed E-state index contributed by atoms with van der Waals surface area (Å²) in [7, 11) is 1.55. The number of aryl methyl sites for hydroxylation is 1. The van der Waals surface area contributed by atoms with Gasteiger partial charge in [-0.25, -0.2) is 14.8 Å². The molecule has 0 aliphatic rings. The van der Waals surface area contributed by atoms with Crippen molar-refractivity contribution >= 4 is 28.9 Å². The van der Waals surface area contributed by atoms with Crippen LogP contribution in [0.2, 0.25) is 0 Å². The van der Waals surface area contributed by atoms with Gasteiger partial charge in [0, 0.05) is 24.1 Å². The molecule has 1 unspecified atom stereocenters. The van der Waals surface area contributed by atoms with E-state index in [-0.39, 0.29) is 5.56 Å². The molecule has 0 spiro atoms. The van der Waals surface area contributed by atoms with Crippen LogP contribution in [0.3, 0.4) is 0 Å². The van der Waals surface area contributed by atoms with E-state index in [2.05, 4.69) is 20.3 Å². The zero-order valence-corrected chi connectivity index (χ0v) is 19.1. The molecule has 0 aliphatic heterocycles. The minimum Gasteiger partial charge on any atom is -0.481 e. The molecule has 0 saturated heterocycles. The lowest BCUT2D eigenvalue weighted by atomic mass is 9.96. The van der Waals surface area contributed by atoms with E-state index in [9.17, 15) is 9.90 Å². The number of nitrogens with zero attached hydrogens (tertiary/aromatic N) is 3. The SMILES string of the molecule is COc1ccnc(Nc2cc(C)cc(-c3cnc(C(C)(O)c4ccc(C(=O)O)cc4)s3)c2)n1. The van der Waals surface area contributed by atoms with Crippen LogP contribution in [-0.2, 0) is 5.60 Å². The maximum atomic E-state index is 11.2. The highest BCUT2D eigenvalue weighted by Gasteiger charge is 2.29. The van der Waals surface area contributed by atoms with Crippen molar-refractivity contribution in [3.8, 4) is 16.3 Å². The van der Waals surface area contributed by atoms with Crippen LogP contribution in [-0.4, -0.2) is 38.2 Å². The number of carbonyl (C=O) groups is 1. The fourth-order valence-corrected chi connectivity index (χ4v) is 4.31. The molecule has 0 aliphatic carbocycles. The summed E-state index contributed by atoms with van der Waals surface area (Å²) in [6.45, 7) is 3.64. The molecule has 0 fully saturated rings. The van der Waals surface area contributed by atoms with Gasteiger partial charge in [-0.3, -0.25) is 0 Å². The Balaban J connectivity index is 1.61. The largest absolute Gasteiger partial charge is 0.481 e. The predicted molar refractivity (Wildman–Crippen MR) is 126 cm³/mol.